The van der Waals surface area contributed by atoms with Gasteiger partial charge in [0.15, 0.2) is 0 Å². The first-order chi connectivity index (χ1) is 18.8. The van der Waals surface area contributed by atoms with E-state index in [9.17, 15) is 8.42 Å². The van der Waals surface area contributed by atoms with Crippen molar-refractivity contribution in [3.63, 3.8) is 0 Å². The van der Waals surface area contributed by atoms with Gasteiger partial charge in [0.05, 0.1) is 18.6 Å². The summed E-state index contributed by atoms with van der Waals surface area (Å²) < 4.78 is 38.2. The third kappa shape index (κ3) is 8.49. The van der Waals surface area contributed by atoms with E-state index in [1.165, 1.54) is 0 Å². The van der Waals surface area contributed by atoms with Crippen molar-refractivity contribution in [3.05, 3.63) is 114 Å². The maximum atomic E-state index is 11.9. The molecule has 0 saturated heterocycles. The van der Waals surface area contributed by atoms with Crippen molar-refractivity contribution < 1.29 is 17.9 Å². The summed E-state index contributed by atoms with van der Waals surface area (Å²) in [5, 5.41) is 0. The number of hydrogen-bond acceptors (Lipinski definition) is 6. The molecule has 0 fully saturated rings. The van der Waals surface area contributed by atoms with Gasteiger partial charge in [0.2, 0.25) is 10.0 Å². The molecule has 0 radical (unpaired) electrons. The number of nitrogens with one attached hydrogen (secondary N) is 1. The quantitative estimate of drug-likeness (QED) is 0.197. The lowest BCUT2D eigenvalue weighted by atomic mass is 10.1. The molecule has 0 aromatic heterocycles. The Morgan fingerprint density at radius 3 is 2.15 bits per heavy atom. The number of rotatable bonds is 13. The molecule has 0 aliphatic carbocycles. The van der Waals surface area contributed by atoms with Crippen molar-refractivity contribution in [3.8, 4) is 17.2 Å². The van der Waals surface area contributed by atoms with Crippen LogP contribution in [0.4, 0.5) is 11.4 Å². The number of hydrogen-bond donors (Lipinski definition) is 2. The van der Waals surface area contributed by atoms with Gasteiger partial charge in [0, 0.05) is 24.8 Å². The average molecular weight is 546 g/mol. The Morgan fingerprint density at radius 1 is 0.795 bits per heavy atom. The number of benzene rings is 4. The molecule has 0 aliphatic heterocycles. The smallest absolute Gasteiger partial charge is 0.229 e. The molecule has 0 unspecified atom stereocenters. The molecule has 4 aromatic rings. The van der Waals surface area contributed by atoms with Crippen molar-refractivity contribution in [1.82, 2.24) is 0 Å². The van der Waals surface area contributed by atoms with Gasteiger partial charge in [-0.1, -0.05) is 54.6 Å². The molecule has 0 spiro atoms. The van der Waals surface area contributed by atoms with Crippen LogP contribution in [0, 0.1) is 6.92 Å². The van der Waals surface area contributed by atoms with Crippen molar-refractivity contribution in [1.29, 1.82) is 0 Å². The van der Waals surface area contributed by atoms with Crippen LogP contribution in [-0.4, -0.2) is 27.8 Å². The zero-order valence-corrected chi connectivity index (χ0v) is 23.2. The van der Waals surface area contributed by atoms with Crippen LogP contribution in [0.1, 0.15) is 23.1 Å². The van der Waals surface area contributed by atoms with Crippen LogP contribution in [0.2, 0.25) is 0 Å². The molecular formula is C31H35N3O4S. The van der Waals surface area contributed by atoms with Crippen LogP contribution in [0.5, 0.6) is 17.2 Å². The molecule has 3 N–H and O–H groups in total. The van der Waals surface area contributed by atoms with Crippen molar-refractivity contribution in [2.45, 2.75) is 26.4 Å². The SMILES string of the molecule is Cc1c(NS(C)(=O)=O)cccc1N(Cc1ccccc1)Cc1ccc(Oc2cccc(OCCCN)c2)cc1. The first-order valence-corrected chi connectivity index (χ1v) is 14.8. The topological polar surface area (TPSA) is 93.9 Å². The minimum absolute atomic E-state index is 0.570. The average Bonchev–Trinajstić information content (AvgIpc) is 2.91. The van der Waals surface area contributed by atoms with E-state index in [4.69, 9.17) is 15.2 Å². The second-order valence-corrected chi connectivity index (χ2v) is 11.1. The Hall–Kier alpha value is -4.01. The molecule has 0 saturated carbocycles. The lowest BCUT2D eigenvalue weighted by Crippen LogP contribution is -2.23. The minimum Gasteiger partial charge on any atom is -0.493 e. The molecule has 4 aromatic carbocycles. The molecule has 0 bridgehead atoms. The highest BCUT2D eigenvalue weighted by atomic mass is 32.2. The van der Waals surface area contributed by atoms with Gasteiger partial charge >= 0.3 is 0 Å². The van der Waals surface area contributed by atoms with E-state index in [1.807, 2.05) is 85.8 Å². The zero-order chi connectivity index (χ0) is 27.7. The molecule has 7 nitrogen and oxygen atoms in total. The maximum absolute atomic E-state index is 11.9. The van der Waals surface area contributed by atoms with Gasteiger partial charge < -0.3 is 20.1 Å². The van der Waals surface area contributed by atoms with E-state index in [1.54, 1.807) is 6.07 Å². The van der Waals surface area contributed by atoms with Crippen molar-refractivity contribution >= 4 is 21.4 Å². The summed E-state index contributed by atoms with van der Waals surface area (Å²) in [7, 11) is -3.39. The maximum Gasteiger partial charge on any atom is 0.229 e. The highest BCUT2D eigenvalue weighted by molar-refractivity contribution is 7.92. The molecule has 4 rings (SSSR count). The van der Waals surface area contributed by atoms with E-state index in [0.29, 0.717) is 37.7 Å². The fourth-order valence-electron chi connectivity index (χ4n) is 4.23. The first kappa shape index (κ1) is 28.0. The molecule has 8 heteroatoms. The van der Waals surface area contributed by atoms with Crippen molar-refractivity contribution in [2.24, 2.45) is 5.73 Å². The standard InChI is InChI=1S/C31H35N3O4S/c1-24-30(33-39(2,35)36)13-7-14-31(24)34(22-25-9-4-3-5-10-25)23-26-15-17-27(18-16-26)38-29-12-6-11-28(21-29)37-20-8-19-32/h3-7,9-18,21,33H,8,19-20,22-23,32H2,1-2H3. The Morgan fingerprint density at radius 2 is 1.46 bits per heavy atom. The second-order valence-electron chi connectivity index (χ2n) is 9.38. The molecular weight excluding hydrogens is 510 g/mol. The van der Waals surface area contributed by atoms with E-state index in [0.717, 1.165) is 46.6 Å². The lowest BCUT2D eigenvalue weighted by Gasteiger charge is -2.28. The zero-order valence-electron chi connectivity index (χ0n) is 22.3. The van der Waals surface area contributed by atoms with Crippen LogP contribution >= 0.6 is 0 Å². The van der Waals surface area contributed by atoms with Gasteiger partial charge in [-0.05, 0) is 73.0 Å². The first-order valence-electron chi connectivity index (χ1n) is 12.9. The highest BCUT2D eigenvalue weighted by Gasteiger charge is 2.15. The van der Waals surface area contributed by atoms with Gasteiger partial charge in [-0.15, -0.1) is 0 Å². The lowest BCUT2D eigenvalue weighted by molar-refractivity contribution is 0.312. The molecule has 0 heterocycles. The van der Waals surface area contributed by atoms with E-state index >= 15 is 0 Å². The fourth-order valence-corrected chi connectivity index (χ4v) is 4.85. The van der Waals surface area contributed by atoms with Gasteiger partial charge in [-0.25, -0.2) is 8.42 Å². The molecule has 0 aliphatic rings. The third-order valence-electron chi connectivity index (χ3n) is 6.11. The van der Waals surface area contributed by atoms with Crippen LogP contribution in [0.3, 0.4) is 0 Å². The Balaban J connectivity index is 1.53. The number of nitrogens with two attached hydrogens (primary N) is 1. The van der Waals surface area contributed by atoms with E-state index in [2.05, 4.69) is 21.8 Å². The molecule has 0 atom stereocenters. The summed E-state index contributed by atoms with van der Waals surface area (Å²) in [5.41, 5.74) is 10.2. The summed E-state index contributed by atoms with van der Waals surface area (Å²) >= 11 is 0. The summed E-state index contributed by atoms with van der Waals surface area (Å²) in [6.45, 7) is 4.39. The van der Waals surface area contributed by atoms with E-state index in [-0.39, 0.29) is 0 Å². The Bertz CT molecular complexity index is 1460. The normalized spacial score (nSPS) is 11.2. The molecule has 39 heavy (non-hydrogen) atoms. The van der Waals surface area contributed by atoms with E-state index < -0.39 is 10.0 Å². The number of ether oxygens (including phenoxy) is 2. The predicted octanol–water partition coefficient (Wildman–Crippen LogP) is 6.09. The summed E-state index contributed by atoms with van der Waals surface area (Å²) in [5.74, 6) is 2.17. The number of anilines is 2. The summed E-state index contributed by atoms with van der Waals surface area (Å²) in [4.78, 5) is 2.25. The Kier molecular flexibility index (Phi) is 9.46. The van der Waals surface area contributed by atoms with Crippen LogP contribution in [0.25, 0.3) is 0 Å². The largest absolute Gasteiger partial charge is 0.493 e. The highest BCUT2D eigenvalue weighted by Crippen LogP contribution is 2.31. The predicted molar refractivity (Wildman–Crippen MR) is 158 cm³/mol. The van der Waals surface area contributed by atoms with Crippen LogP contribution in [-0.2, 0) is 23.1 Å². The van der Waals surface area contributed by atoms with Gasteiger partial charge in [0.1, 0.15) is 17.2 Å². The van der Waals surface area contributed by atoms with Gasteiger partial charge in [-0.3, -0.25) is 4.72 Å². The minimum atomic E-state index is -3.39. The van der Waals surface area contributed by atoms with Gasteiger partial charge in [0.25, 0.3) is 0 Å². The second kappa shape index (κ2) is 13.2. The fraction of sp³-hybridized carbons (Fsp3) is 0.226. The number of nitrogens with zero attached hydrogens (tertiary/aromatic N) is 1. The monoisotopic (exact) mass is 545 g/mol. The third-order valence-corrected chi connectivity index (χ3v) is 6.70. The van der Waals surface area contributed by atoms with Crippen LogP contribution in [0.15, 0.2) is 97.1 Å². The van der Waals surface area contributed by atoms with Crippen LogP contribution < -0.4 is 24.8 Å². The van der Waals surface area contributed by atoms with Crippen molar-refractivity contribution in [2.75, 3.05) is 29.0 Å². The summed E-state index contributed by atoms with van der Waals surface area (Å²) in [6, 6.07) is 31.4. The molecule has 0 amide bonds. The summed E-state index contributed by atoms with van der Waals surface area (Å²) in [6.07, 6.45) is 1.96. The Labute approximate surface area is 231 Å². The number of sulfonamides is 1. The molecule has 204 valence electrons. The van der Waals surface area contributed by atoms with Gasteiger partial charge in [-0.2, -0.15) is 0 Å².